The van der Waals surface area contributed by atoms with Crippen LogP contribution in [-0.2, 0) is 23.9 Å². The summed E-state index contributed by atoms with van der Waals surface area (Å²) in [6.07, 6.45) is 4.92. The lowest BCUT2D eigenvalue weighted by molar-refractivity contribution is -0.140. The van der Waals surface area contributed by atoms with E-state index in [4.69, 9.17) is 15.5 Å². The third-order valence-corrected chi connectivity index (χ3v) is 3.47. The van der Waals surface area contributed by atoms with Gasteiger partial charge in [0.1, 0.15) is 6.61 Å². The number of benzene rings is 1. The average Bonchev–Trinajstić information content (AvgIpc) is 2.84. The van der Waals surface area contributed by atoms with Gasteiger partial charge in [-0.3, -0.25) is 0 Å². The van der Waals surface area contributed by atoms with E-state index in [0.29, 0.717) is 12.2 Å². The maximum absolute atomic E-state index is 10.9. The van der Waals surface area contributed by atoms with E-state index in [1.165, 1.54) is 30.2 Å². The summed E-state index contributed by atoms with van der Waals surface area (Å²) in [5.74, 6) is -1.79. The van der Waals surface area contributed by atoms with Crippen LogP contribution in [0.25, 0.3) is 6.08 Å². The normalized spacial score (nSPS) is 8.78. The summed E-state index contributed by atoms with van der Waals surface area (Å²) in [4.78, 5) is 31.0. The molecule has 0 radical (unpaired) electrons. The Morgan fingerprint density at radius 1 is 1.03 bits per heavy atom. The number of esters is 2. The summed E-state index contributed by atoms with van der Waals surface area (Å²) in [5, 5.41) is 24.4. The number of aliphatic hydroxyl groups excluding tert-OH is 1. The Morgan fingerprint density at radius 2 is 1.56 bits per heavy atom. The number of carboxylic acids is 1. The highest BCUT2D eigenvalue weighted by molar-refractivity contribution is 5.88. The molecule has 1 aromatic rings. The van der Waals surface area contributed by atoms with Crippen molar-refractivity contribution in [2.45, 2.75) is 34.1 Å². The summed E-state index contributed by atoms with van der Waals surface area (Å²) < 4.78 is 9.14. The number of rotatable bonds is 9. The molecule has 1 aromatic carbocycles. The van der Waals surface area contributed by atoms with E-state index < -0.39 is 11.9 Å². The van der Waals surface area contributed by atoms with E-state index in [1.54, 1.807) is 19.9 Å². The summed E-state index contributed by atoms with van der Waals surface area (Å²) in [6, 6.07) is 10.1. The van der Waals surface area contributed by atoms with Crippen molar-refractivity contribution in [3.05, 3.63) is 90.6 Å². The first-order chi connectivity index (χ1) is 16.9. The molecule has 0 aliphatic carbocycles. The molecule has 36 heavy (non-hydrogen) atoms. The van der Waals surface area contributed by atoms with Crippen molar-refractivity contribution in [1.82, 2.24) is 0 Å². The van der Waals surface area contributed by atoms with Crippen LogP contribution in [0.2, 0.25) is 0 Å². The van der Waals surface area contributed by atoms with Crippen LogP contribution in [0.5, 0.6) is 0 Å². The van der Waals surface area contributed by atoms with Crippen LogP contribution in [0.3, 0.4) is 0 Å². The monoisotopic (exact) mass is 499 g/mol. The second kappa shape index (κ2) is 23.9. The Hall–Kier alpha value is -4.22. The molecule has 0 spiro atoms. The molecular formula is C28H37NO7. The number of carboxylic acid groups (broad SMARTS) is 1. The Morgan fingerprint density at radius 3 is 1.89 bits per heavy atom. The van der Waals surface area contributed by atoms with Gasteiger partial charge in [-0.05, 0) is 39.7 Å². The molecule has 0 heterocycles. The van der Waals surface area contributed by atoms with Gasteiger partial charge >= 0.3 is 17.9 Å². The first-order valence-electron chi connectivity index (χ1n) is 10.8. The van der Waals surface area contributed by atoms with Gasteiger partial charge in [0, 0.05) is 22.8 Å². The van der Waals surface area contributed by atoms with Gasteiger partial charge in [0.25, 0.3) is 0 Å². The van der Waals surface area contributed by atoms with Gasteiger partial charge in [-0.2, -0.15) is 5.26 Å². The average molecular weight is 500 g/mol. The zero-order valence-electron chi connectivity index (χ0n) is 21.6. The van der Waals surface area contributed by atoms with Crippen LogP contribution in [0.1, 0.15) is 38.3 Å². The molecular weight excluding hydrogens is 462 g/mol. The van der Waals surface area contributed by atoms with Gasteiger partial charge in [-0.15, -0.1) is 0 Å². The van der Waals surface area contributed by atoms with E-state index >= 15 is 0 Å². The number of ether oxygens (including phenoxy) is 2. The van der Waals surface area contributed by atoms with Crippen LogP contribution in [0.4, 0.5) is 0 Å². The fourth-order valence-corrected chi connectivity index (χ4v) is 1.53. The standard InChI is InChI=1S/C9H11NO3.C9H10.C6H10O2.C4H6O2/c1-8(4-2-3-5-10)9(12)13-7-6-11;1-3-9-6-4-8(2)5-7-9;1-4-8-6(7)5(2)3;1-3(2)4(5)6/h2-3,11H,1,4,6-7H2;3-7H,1H2,2H3;2,4H2,1,3H3;1H2,2H3,(H,5,6). The van der Waals surface area contributed by atoms with Crippen molar-refractivity contribution in [2.75, 3.05) is 19.8 Å². The van der Waals surface area contributed by atoms with Crippen molar-refractivity contribution < 1.29 is 34.1 Å². The maximum Gasteiger partial charge on any atom is 0.333 e. The molecule has 0 aromatic heterocycles. The van der Waals surface area contributed by atoms with Crippen LogP contribution in [0, 0.1) is 18.3 Å². The second-order valence-corrected chi connectivity index (χ2v) is 6.90. The fraction of sp³-hybridized carbons (Fsp3) is 0.286. The summed E-state index contributed by atoms with van der Waals surface area (Å²) in [7, 11) is 0. The Bertz CT molecular complexity index is 924. The van der Waals surface area contributed by atoms with E-state index in [1.807, 2.05) is 6.08 Å². The molecule has 0 unspecified atom stereocenters. The smallest absolute Gasteiger partial charge is 0.333 e. The van der Waals surface area contributed by atoms with E-state index in [0.717, 1.165) is 0 Å². The molecule has 0 bridgehead atoms. The minimum absolute atomic E-state index is 0.0280. The van der Waals surface area contributed by atoms with Crippen molar-refractivity contribution in [1.29, 1.82) is 5.26 Å². The molecule has 8 nitrogen and oxygen atoms in total. The van der Waals surface area contributed by atoms with Gasteiger partial charge in [0.05, 0.1) is 19.3 Å². The van der Waals surface area contributed by atoms with Gasteiger partial charge in [-0.25, -0.2) is 14.4 Å². The van der Waals surface area contributed by atoms with Crippen LogP contribution < -0.4 is 0 Å². The van der Waals surface area contributed by atoms with Crippen LogP contribution in [-0.4, -0.2) is 47.9 Å². The third kappa shape index (κ3) is 24.4. The van der Waals surface area contributed by atoms with E-state index in [2.05, 4.69) is 67.0 Å². The highest BCUT2D eigenvalue weighted by atomic mass is 16.5. The summed E-state index contributed by atoms with van der Waals surface area (Å²) >= 11 is 0. The number of nitrogens with zero attached hydrogens (tertiary/aromatic N) is 1. The summed E-state index contributed by atoms with van der Waals surface area (Å²) in [5.41, 5.74) is 3.36. The Kier molecular flexibility index (Phi) is 24.2. The molecule has 8 heteroatoms. The first-order valence-corrected chi connectivity index (χ1v) is 10.8. The first kappa shape index (κ1) is 36.4. The third-order valence-electron chi connectivity index (χ3n) is 3.47. The predicted octanol–water partition coefficient (Wildman–Crippen LogP) is 4.96. The minimum atomic E-state index is -0.935. The Labute approximate surface area is 214 Å². The summed E-state index contributed by atoms with van der Waals surface area (Å²) in [6.45, 7) is 20.8. The van der Waals surface area contributed by atoms with Gasteiger partial charge < -0.3 is 19.7 Å². The molecule has 0 atom stereocenters. The van der Waals surface area contributed by atoms with Crippen molar-refractivity contribution in [3.63, 3.8) is 0 Å². The molecule has 0 aliphatic rings. The molecule has 1 rings (SSSR count). The molecule has 0 amide bonds. The second-order valence-electron chi connectivity index (χ2n) is 6.90. The predicted molar refractivity (Wildman–Crippen MR) is 142 cm³/mol. The van der Waals surface area contributed by atoms with Crippen LogP contribution in [0.15, 0.2) is 79.5 Å². The largest absolute Gasteiger partial charge is 0.478 e. The number of nitriles is 1. The number of carbonyl (C=O) groups excluding carboxylic acids is 2. The number of aliphatic hydroxyl groups is 1. The number of aryl methyl sites for hydroxylation is 1. The number of carbonyl (C=O) groups is 3. The lowest BCUT2D eigenvalue weighted by Gasteiger charge is -2.02. The number of allylic oxidation sites excluding steroid dienone is 2. The lowest BCUT2D eigenvalue weighted by atomic mass is 10.2. The molecule has 0 fully saturated rings. The molecule has 0 saturated carbocycles. The van der Waals surface area contributed by atoms with Crippen molar-refractivity contribution in [3.8, 4) is 6.07 Å². The molecule has 0 aliphatic heterocycles. The molecule has 0 saturated heterocycles. The van der Waals surface area contributed by atoms with Crippen LogP contribution >= 0.6 is 0 Å². The fourth-order valence-electron chi connectivity index (χ4n) is 1.53. The number of hydrogen-bond acceptors (Lipinski definition) is 7. The zero-order valence-corrected chi connectivity index (χ0v) is 21.6. The highest BCUT2D eigenvalue weighted by Crippen LogP contribution is 2.03. The van der Waals surface area contributed by atoms with Gasteiger partial charge in [0.15, 0.2) is 0 Å². The maximum atomic E-state index is 10.9. The van der Waals surface area contributed by atoms with Crippen molar-refractivity contribution >= 4 is 24.0 Å². The Balaban J connectivity index is -0.000000420. The molecule has 196 valence electrons. The zero-order chi connectivity index (χ0) is 28.5. The van der Waals surface area contributed by atoms with E-state index in [9.17, 15) is 14.4 Å². The van der Waals surface area contributed by atoms with Gasteiger partial charge in [-0.1, -0.05) is 68.3 Å². The number of aliphatic carboxylic acids is 1. The minimum Gasteiger partial charge on any atom is -0.478 e. The van der Waals surface area contributed by atoms with Gasteiger partial charge in [0.2, 0.25) is 0 Å². The van der Waals surface area contributed by atoms with Crippen molar-refractivity contribution in [2.24, 2.45) is 0 Å². The lowest BCUT2D eigenvalue weighted by Crippen LogP contribution is -2.09. The topological polar surface area (TPSA) is 134 Å². The number of hydrogen-bond donors (Lipinski definition) is 2. The van der Waals surface area contributed by atoms with E-state index in [-0.39, 0.29) is 36.8 Å². The molecule has 2 N–H and O–H groups in total. The quantitative estimate of drug-likeness (QED) is 0.277. The SMILES string of the molecule is C=C(C)C(=O)O.C=C(C)C(=O)OCC.C=C(CC=CC#N)C(=O)OCCO.C=Cc1ccc(C)cc1. The highest BCUT2D eigenvalue weighted by Gasteiger charge is 2.05.